The fraction of sp³-hybridized carbons (Fsp3) is 0.250. The predicted molar refractivity (Wildman–Crippen MR) is 87.8 cm³/mol. The van der Waals surface area contributed by atoms with Gasteiger partial charge in [-0.3, -0.25) is 0 Å². The van der Waals surface area contributed by atoms with E-state index in [0.717, 1.165) is 32.0 Å². The number of benzene rings is 1. The molecule has 122 valence electrons. The molecule has 2 aromatic heterocycles. The van der Waals surface area contributed by atoms with E-state index < -0.39 is 0 Å². The molecule has 0 amide bonds. The highest BCUT2D eigenvalue weighted by atomic mass is 19.1. The maximum atomic E-state index is 13.9. The first-order valence-electron chi connectivity index (χ1n) is 7.73. The molecule has 0 bridgehead atoms. The van der Waals surface area contributed by atoms with E-state index in [1.165, 1.54) is 18.7 Å². The zero-order chi connectivity index (χ0) is 16.4. The Kier molecular flexibility index (Phi) is 3.78. The lowest BCUT2D eigenvalue weighted by molar-refractivity contribution is 0.596. The van der Waals surface area contributed by atoms with Crippen molar-refractivity contribution < 1.29 is 4.39 Å². The summed E-state index contributed by atoms with van der Waals surface area (Å²) < 4.78 is 15.5. The van der Waals surface area contributed by atoms with E-state index in [1.54, 1.807) is 17.1 Å². The Bertz CT molecular complexity index is 813. The molecule has 0 atom stereocenters. The Balaban J connectivity index is 1.48. The lowest BCUT2D eigenvalue weighted by atomic mass is 10.2. The van der Waals surface area contributed by atoms with Gasteiger partial charge < -0.3 is 9.80 Å². The summed E-state index contributed by atoms with van der Waals surface area (Å²) >= 11 is 0. The van der Waals surface area contributed by atoms with E-state index >= 15 is 0 Å². The highest BCUT2D eigenvalue weighted by molar-refractivity contribution is 5.51. The summed E-state index contributed by atoms with van der Waals surface area (Å²) in [6.07, 6.45) is 4.59. The van der Waals surface area contributed by atoms with Gasteiger partial charge in [-0.25, -0.2) is 24.0 Å². The number of hydrogen-bond acceptors (Lipinski definition) is 6. The third-order valence-electron chi connectivity index (χ3n) is 4.09. The molecular weight excluding hydrogens is 309 g/mol. The van der Waals surface area contributed by atoms with Gasteiger partial charge in [0.1, 0.15) is 30.6 Å². The van der Waals surface area contributed by atoms with Crippen molar-refractivity contribution in [1.82, 2.24) is 24.7 Å². The summed E-state index contributed by atoms with van der Waals surface area (Å²) in [6, 6.07) is 8.77. The van der Waals surface area contributed by atoms with Crippen LogP contribution < -0.4 is 9.80 Å². The first-order valence-corrected chi connectivity index (χ1v) is 7.73. The summed E-state index contributed by atoms with van der Waals surface area (Å²) in [5.41, 5.74) is 0.656. The standard InChI is InChI=1S/C16H16FN7/c17-13-3-1-2-4-14(13)22-5-7-23(8-6-22)15-9-16(20-11-19-15)24-12-18-10-21-24/h1-4,9-12H,5-8H2. The second kappa shape index (κ2) is 6.23. The fourth-order valence-corrected chi connectivity index (χ4v) is 2.85. The Labute approximate surface area is 138 Å². The normalized spacial score (nSPS) is 14.9. The molecule has 4 rings (SSSR count). The Morgan fingerprint density at radius 1 is 0.875 bits per heavy atom. The minimum Gasteiger partial charge on any atom is -0.366 e. The van der Waals surface area contributed by atoms with E-state index in [0.29, 0.717) is 11.5 Å². The van der Waals surface area contributed by atoms with Gasteiger partial charge in [0, 0.05) is 32.2 Å². The molecule has 1 aromatic carbocycles. The van der Waals surface area contributed by atoms with Gasteiger partial charge in [0.2, 0.25) is 0 Å². The Morgan fingerprint density at radius 3 is 2.38 bits per heavy atom. The minimum absolute atomic E-state index is 0.179. The van der Waals surface area contributed by atoms with Crippen LogP contribution >= 0.6 is 0 Å². The summed E-state index contributed by atoms with van der Waals surface area (Å²) in [7, 11) is 0. The number of anilines is 2. The van der Waals surface area contributed by atoms with Crippen molar-refractivity contribution in [3.8, 4) is 5.82 Å². The Morgan fingerprint density at radius 2 is 1.62 bits per heavy atom. The van der Waals surface area contributed by atoms with E-state index in [2.05, 4.69) is 29.9 Å². The average Bonchev–Trinajstić information content (AvgIpc) is 3.17. The van der Waals surface area contributed by atoms with Gasteiger partial charge in [0.25, 0.3) is 0 Å². The van der Waals surface area contributed by atoms with Crippen LogP contribution in [0.5, 0.6) is 0 Å². The molecule has 1 aliphatic rings. The number of halogens is 1. The number of hydrogen-bond donors (Lipinski definition) is 0. The SMILES string of the molecule is Fc1ccccc1N1CCN(c2cc(-n3cncn3)ncn2)CC1. The quantitative estimate of drug-likeness (QED) is 0.728. The maximum absolute atomic E-state index is 13.9. The smallest absolute Gasteiger partial charge is 0.160 e. The molecule has 1 aliphatic heterocycles. The second-order valence-electron chi connectivity index (χ2n) is 5.50. The highest BCUT2D eigenvalue weighted by Gasteiger charge is 2.20. The highest BCUT2D eigenvalue weighted by Crippen LogP contribution is 2.22. The second-order valence-corrected chi connectivity index (χ2v) is 5.50. The molecule has 0 spiro atoms. The van der Waals surface area contributed by atoms with Crippen molar-refractivity contribution >= 4 is 11.5 Å². The van der Waals surface area contributed by atoms with Crippen LogP contribution in [-0.2, 0) is 0 Å². The van der Waals surface area contributed by atoms with Crippen LogP contribution in [0.4, 0.5) is 15.9 Å². The molecule has 8 heteroatoms. The summed E-state index contributed by atoms with van der Waals surface area (Å²) in [5.74, 6) is 1.33. The minimum atomic E-state index is -0.179. The number of para-hydroxylation sites is 1. The lowest BCUT2D eigenvalue weighted by Gasteiger charge is -2.36. The van der Waals surface area contributed by atoms with Crippen LogP contribution in [0.15, 0.2) is 49.3 Å². The molecule has 1 saturated heterocycles. The van der Waals surface area contributed by atoms with E-state index in [4.69, 9.17) is 0 Å². The van der Waals surface area contributed by atoms with Gasteiger partial charge >= 0.3 is 0 Å². The molecular formula is C16H16FN7. The van der Waals surface area contributed by atoms with E-state index in [1.807, 2.05) is 18.2 Å². The van der Waals surface area contributed by atoms with Crippen molar-refractivity contribution in [3.05, 3.63) is 55.1 Å². The van der Waals surface area contributed by atoms with Crippen LogP contribution in [0.1, 0.15) is 0 Å². The average molecular weight is 325 g/mol. The molecule has 3 aromatic rings. The fourth-order valence-electron chi connectivity index (χ4n) is 2.85. The van der Waals surface area contributed by atoms with Crippen molar-refractivity contribution in [2.45, 2.75) is 0 Å². The van der Waals surface area contributed by atoms with Crippen molar-refractivity contribution in [2.75, 3.05) is 36.0 Å². The first-order chi connectivity index (χ1) is 11.8. The monoisotopic (exact) mass is 325 g/mol. The predicted octanol–water partition coefficient (Wildman–Crippen LogP) is 1.52. The van der Waals surface area contributed by atoms with Crippen LogP contribution in [0.2, 0.25) is 0 Å². The summed E-state index contributed by atoms with van der Waals surface area (Å²) in [5, 5.41) is 4.08. The number of nitrogens with zero attached hydrogens (tertiary/aromatic N) is 7. The molecule has 24 heavy (non-hydrogen) atoms. The van der Waals surface area contributed by atoms with Gasteiger partial charge in [0.15, 0.2) is 5.82 Å². The first kappa shape index (κ1) is 14.6. The molecule has 0 radical (unpaired) electrons. The molecule has 0 N–H and O–H groups in total. The zero-order valence-corrected chi connectivity index (χ0v) is 13.0. The van der Waals surface area contributed by atoms with Crippen LogP contribution in [0.3, 0.4) is 0 Å². The number of piperazine rings is 1. The molecule has 3 heterocycles. The third kappa shape index (κ3) is 2.78. The zero-order valence-electron chi connectivity index (χ0n) is 13.0. The Hall–Kier alpha value is -3.03. The van der Waals surface area contributed by atoms with Crippen LogP contribution in [0.25, 0.3) is 5.82 Å². The van der Waals surface area contributed by atoms with Crippen LogP contribution in [-0.4, -0.2) is 50.9 Å². The van der Waals surface area contributed by atoms with Gasteiger partial charge in [-0.1, -0.05) is 12.1 Å². The van der Waals surface area contributed by atoms with Crippen molar-refractivity contribution in [1.29, 1.82) is 0 Å². The molecule has 1 fully saturated rings. The van der Waals surface area contributed by atoms with Crippen molar-refractivity contribution in [3.63, 3.8) is 0 Å². The van der Waals surface area contributed by atoms with Gasteiger partial charge in [-0.05, 0) is 12.1 Å². The third-order valence-corrected chi connectivity index (χ3v) is 4.09. The van der Waals surface area contributed by atoms with Gasteiger partial charge in [-0.2, -0.15) is 5.10 Å². The molecule has 0 saturated carbocycles. The molecule has 0 aliphatic carbocycles. The van der Waals surface area contributed by atoms with Crippen LogP contribution in [0, 0.1) is 5.82 Å². The topological polar surface area (TPSA) is 63.0 Å². The molecule has 0 unspecified atom stereocenters. The maximum Gasteiger partial charge on any atom is 0.160 e. The van der Waals surface area contributed by atoms with Gasteiger partial charge in [-0.15, -0.1) is 0 Å². The summed E-state index contributed by atoms with van der Waals surface area (Å²) in [4.78, 5) is 16.7. The lowest BCUT2D eigenvalue weighted by Crippen LogP contribution is -2.47. The van der Waals surface area contributed by atoms with E-state index in [-0.39, 0.29) is 5.82 Å². The molecule has 7 nitrogen and oxygen atoms in total. The summed E-state index contributed by atoms with van der Waals surface area (Å²) in [6.45, 7) is 3.01. The largest absolute Gasteiger partial charge is 0.366 e. The number of aromatic nitrogens is 5. The van der Waals surface area contributed by atoms with E-state index in [9.17, 15) is 4.39 Å². The number of rotatable bonds is 3. The van der Waals surface area contributed by atoms with Crippen molar-refractivity contribution in [2.24, 2.45) is 0 Å². The van der Waals surface area contributed by atoms with Gasteiger partial charge in [0.05, 0.1) is 5.69 Å².